The summed E-state index contributed by atoms with van der Waals surface area (Å²) in [7, 11) is 3.29. The SMILES string of the molecule is COc1ccc(CSCC(=O)N[C@@H]2CC(C)(C)Oc3cc(OC)ccc32)cc1. The fraction of sp³-hybridized carbons (Fsp3) is 0.409. The number of rotatable bonds is 7. The highest BCUT2D eigenvalue weighted by Crippen LogP contribution is 2.41. The van der Waals surface area contributed by atoms with Gasteiger partial charge in [-0.25, -0.2) is 0 Å². The molecule has 0 spiro atoms. The average molecular weight is 402 g/mol. The lowest BCUT2D eigenvalue weighted by molar-refractivity contribution is -0.119. The Morgan fingerprint density at radius 3 is 2.50 bits per heavy atom. The summed E-state index contributed by atoms with van der Waals surface area (Å²) in [5.74, 6) is 3.58. The van der Waals surface area contributed by atoms with Crippen LogP contribution in [-0.2, 0) is 10.5 Å². The highest BCUT2D eigenvalue weighted by Gasteiger charge is 2.34. The van der Waals surface area contributed by atoms with Crippen molar-refractivity contribution < 1.29 is 19.0 Å². The van der Waals surface area contributed by atoms with Gasteiger partial charge < -0.3 is 19.5 Å². The van der Waals surface area contributed by atoms with E-state index in [1.165, 1.54) is 5.56 Å². The lowest BCUT2D eigenvalue weighted by Gasteiger charge is -2.38. The number of thioether (sulfide) groups is 1. The molecule has 0 saturated carbocycles. The number of carbonyl (C=O) groups is 1. The molecular weight excluding hydrogens is 374 g/mol. The van der Waals surface area contributed by atoms with Crippen molar-refractivity contribution in [3.05, 3.63) is 53.6 Å². The van der Waals surface area contributed by atoms with Crippen LogP contribution >= 0.6 is 11.8 Å². The van der Waals surface area contributed by atoms with Gasteiger partial charge in [-0.1, -0.05) is 12.1 Å². The Hall–Kier alpha value is -2.34. The van der Waals surface area contributed by atoms with E-state index in [1.807, 2.05) is 56.3 Å². The maximum absolute atomic E-state index is 12.5. The van der Waals surface area contributed by atoms with Crippen molar-refractivity contribution >= 4 is 17.7 Å². The van der Waals surface area contributed by atoms with Gasteiger partial charge in [-0.2, -0.15) is 0 Å². The minimum absolute atomic E-state index is 0.0305. The Balaban J connectivity index is 1.58. The third-order valence-corrected chi connectivity index (χ3v) is 5.68. The zero-order valence-corrected chi connectivity index (χ0v) is 17.6. The van der Waals surface area contributed by atoms with Gasteiger partial charge >= 0.3 is 0 Å². The fourth-order valence-electron chi connectivity index (χ4n) is 3.31. The summed E-state index contributed by atoms with van der Waals surface area (Å²) in [6, 6.07) is 13.6. The molecule has 0 unspecified atom stereocenters. The maximum Gasteiger partial charge on any atom is 0.230 e. The minimum Gasteiger partial charge on any atom is -0.497 e. The Bertz CT molecular complexity index is 820. The normalized spacial score (nSPS) is 17.2. The van der Waals surface area contributed by atoms with E-state index in [1.54, 1.807) is 26.0 Å². The van der Waals surface area contributed by atoms with Crippen molar-refractivity contribution in [3.8, 4) is 17.2 Å². The number of amides is 1. The molecule has 6 heteroatoms. The van der Waals surface area contributed by atoms with Gasteiger partial charge in [0.25, 0.3) is 0 Å². The predicted octanol–water partition coefficient (Wildman–Crippen LogP) is 4.36. The summed E-state index contributed by atoms with van der Waals surface area (Å²) in [4.78, 5) is 12.5. The lowest BCUT2D eigenvalue weighted by Crippen LogP contribution is -2.41. The molecule has 150 valence electrons. The van der Waals surface area contributed by atoms with E-state index in [2.05, 4.69) is 5.32 Å². The van der Waals surface area contributed by atoms with Crippen LogP contribution in [0.15, 0.2) is 42.5 Å². The van der Waals surface area contributed by atoms with Crippen LogP contribution < -0.4 is 19.5 Å². The highest BCUT2D eigenvalue weighted by atomic mass is 32.2. The summed E-state index contributed by atoms with van der Waals surface area (Å²) < 4.78 is 16.5. The first-order valence-electron chi connectivity index (χ1n) is 9.27. The molecule has 28 heavy (non-hydrogen) atoms. The molecule has 0 aliphatic carbocycles. The minimum atomic E-state index is -0.354. The van der Waals surface area contributed by atoms with E-state index >= 15 is 0 Å². The number of ether oxygens (including phenoxy) is 3. The Morgan fingerprint density at radius 1 is 1.14 bits per heavy atom. The Morgan fingerprint density at radius 2 is 1.82 bits per heavy atom. The molecule has 3 rings (SSSR count). The topological polar surface area (TPSA) is 56.8 Å². The molecular formula is C22H27NO4S. The van der Waals surface area contributed by atoms with E-state index in [-0.39, 0.29) is 17.6 Å². The molecule has 5 nitrogen and oxygen atoms in total. The molecule has 1 atom stereocenters. The maximum atomic E-state index is 12.5. The third kappa shape index (κ3) is 5.13. The predicted molar refractivity (Wildman–Crippen MR) is 112 cm³/mol. The van der Waals surface area contributed by atoms with Gasteiger partial charge in [-0.05, 0) is 43.7 Å². The molecule has 0 aromatic heterocycles. The van der Waals surface area contributed by atoms with Crippen LogP contribution in [0, 0.1) is 0 Å². The van der Waals surface area contributed by atoms with Crippen molar-refractivity contribution in [3.63, 3.8) is 0 Å². The van der Waals surface area contributed by atoms with Crippen LogP contribution in [0.25, 0.3) is 0 Å². The smallest absolute Gasteiger partial charge is 0.230 e. The van der Waals surface area contributed by atoms with Gasteiger partial charge in [0.2, 0.25) is 5.91 Å². The first-order valence-corrected chi connectivity index (χ1v) is 10.4. The van der Waals surface area contributed by atoms with Crippen molar-refractivity contribution in [1.29, 1.82) is 0 Å². The number of methoxy groups -OCH3 is 2. The van der Waals surface area contributed by atoms with Gasteiger partial charge in [0, 0.05) is 23.8 Å². The number of hydrogen-bond acceptors (Lipinski definition) is 5. The number of carbonyl (C=O) groups excluding carboxylic acids is 1. The molecule has 0 radical (unpaired) electrons. The van der Waals surface area contributed by atoms with Gasteiger partial charge in [-0.3, -0.25) is 4.79 Å². The third-order valence-electron chi connectivity index (χ3n) is 4.67. The van der Waals surface area contributed by atoms with Crippen molar-refractivity contribution in [2.45, 2.75) is 37.7 Å². The lowest BCUT2D eigenvalue weighted by atomic mass is 9.89. The summed E-state index contributed by atoms with van der Waals surface area (Å²) in [6.45, 7) is 4.07. The van der Waals surface area contributed by atoms with Gasteiger partial charge in [0.05, 0.1) is 26.0 Å². The largest absolute Gasteiger partial charge is 0.497 e. The molecule has 1 N–H and O–H groups in total. The van der Waals surface area contributed by atoms with E-state index < -0.39 is 0 Å². The number of benzene rings is 2. The van der Waals surface area contributed by atoms with E-state index in [0.29, 0.717) is 5.75 Å². The second-order valence-electron chi connectivity index (χ2n) is 7.43. The van der Waals surface area contributed by atoms with E-state index in [9.17, 15) is 4.79 Å². The summed E-state index contributed by atoms with van der Waals surface area (Å²) in [6.07, 6.45) is 0.723. The number of fused-ring (bicyclic) bond motifs is 1. The first kappa shape index (κ1) is 20.4. The van der Waals surface area contributed by atoms with Crippen LogP contribution in [-0.4, -0.2) is 31.5 Å². The van der Waals surface area contributed by atoms with Crippen LogP contribution in [0.4, 0.5) is 0 Å². The Kier molecular flexibility index (Phi) is 6.39. The fourth-order valence-corrected chi connectivity index (χ4v) is 4.11. The molecule has 0 bridgehead atoms. The summed E-state index contributed by atoms with van der Waals surface area (Å²) >= 11 is 1.60. The van der Waals surface area contributed by atoms with Crippen LogP contribution in [0.5, 0.6) is 17.2 Å². The molecule has 1 aliphatic rings. The monoisotopic (exact) mass is 401 g/mol. The van der Waals surface area contributed by atoms with Crippen LogP contribution in [0.3, 0.4) is 0 Å². The van der Waals surface area contributed by atoms with E-state index in [0.717, 1.165) is 35.0 Å². The highest BCUT2D eigenvalue weighted by molar-refractivity contribution is 7.99. The second kappa shape index (κ2) is 8.78. The van der Waals surface area contributed by atoms with Crippen molar-refractivity contribution in [2.75, 3.05) is 20.0 Å². The van der Waals surface area contributed by atoms with Gasteiger partial charge in [-0.15, -0.1) is 11.8 Å². The van der Waals surface area contributed by atoms with Crippen molar-refractivity contribution in [1.82, 2.24) is 5.32 Å². The van der Waals surface area contributed by atoms with E-state index in [4.69, 9.17) is 14.2 Å². The number of nitrogens with one attached hydrogen (secondary N) is 1. The first-order chi connectivity index (χ1) is 13.4. The van der Waals surface area contributed by atoms with Crippen LogP contribution in [0.1, 0.15) is 37.4 Å². The summed E-state index contributed by atoms with van der Waals surface area (Å²) in [5.41, 5.74) is 1.81. The van der Waals surface area contributed by atoms with Crippen LogP contribution in [0.2, 0.25) is 0 Å². The average Bonchev–Trinajstić information content (AvgIpc) is 2.67. The zero-order valence-electron chi connectivity index (χ0n) is 16.8. The standard InChI is InChI=1S/C22H27NO4S/c1-22(2)12-19(18-10-9-17(26-4)11-20(18)27-22)23-21(24)14-28-13-15-5-7-16(25-3)8-6-15/h5-11,19H,12-14H2,1-4H3,(H,23,24)/t19-/m1/s1. The molecule has 1 amide bonds. The molecule has 1 aliphatic heterocycles. The summed E-state index contributed by atoms with van der Waals surface area (Å²) in [5, 5.41) is 3.17. The van der Waals surface area contributed by atoms with Gasteiger partial charge in [0.1, 0.15) is 22.8 Å². The molecule has 2 aromatic rings. The molecule has 0 fully saturated rings. The zero-order chi connectivity index (χ0) is 20.1. The number of hydrogen-bond donors (Lipinski definition) is 1. The second-order valence-corrected chi connectivity index (χ2v) is 8.42. The van der Waals surface area contributed by atoms with Gasteiger partial charge in [0.15, 0.2) is 0 Å². The molecule has 2 aromatic carbocycles. The van der Waals surface area contributed by atoms with Crippen molar-refractivity contribution in [2.24, 2.45) is 0 Å². The Labute approximate surface area is 170 Å². The molecule has 1 heterocycles. The molecule has 0 saturated heterocycles. The quantitative estimate of drug-likeness (QED) is 0.747.